The summed E-state index contributed by atoms with van der Waals surface area (Å²) < 4.78 is 5.91. The van der Waals surface area contributed by atoms with E-state index in [1.807, 2.05) is 64.1 Å². The molecule has 2 aromatic carbocycles. The van der Waals surface area contributed by atoms with Gasteiger partial charge in [-0.05, 0) is 44.4 Å². The number of amides is 1. The van der Waals surface area contributed by atoms with Gasteiger partial charge < -0.3 is 10.1 Å². The van der Waals surface area contributed by atoms with Gasteiger partial charge >= 0.3 is 0 Å². The van der Waals surface area contributed by atoms with Gasteiger partial charge in [0.05, 0.1) is 0 Å². The van der Waals surface area contributed by atoms with Gasteiger partial charge in [-0.25, -0.2) is 0 Å². The van der Waals surface area contributed by atoms with Crippen LogP contribution >= 0.6 is 0 Å². The number of carbonyl (C=O) groups excluding carboxylic acids is 1. The van der Waals surface area contributed by atoms with Crippen LogP contribution in [0.4, 0.5) is 0 Å². The maximum absolute atomic E-state index is 12.4. The topological polar surface area (TPSA) is 38.3 Å². The largest absolute Gasteiger partial charge is 0.480 e. The lowest BCUT2D eigenvalue weighted by Crippen LogP contribution is -2.37. The smallest absolute Gasteiger partial charge is 0.261 e. The fraction of sp³-hybridized carbons (Fsp3) is 0.350. The van der Waals surface area contributed by atoms with Crippen molar-refractivity contribution in [2.75, 3.05) is 0 Å². The van der Waals surface area contributed by atoms with Crippen molar-refractivity contribution >= 4 is 5.91 Å². The molecule has 3 heteroatoms. The Morgan fingerprint density at radius 3 is 2.30 bits per heavy atom. The molecule has 1 N–H and O–H groups in total. The summed E-state index contributed by atoms with van der Waals surface area (Å²) in [5, 5.41) is 2.96. The van der Waals surface area contributed by atoms with E-state index in [0.717, 1.165) is 16.9 Å². The molecule has 0 saturated carbocycles. The zero-order valence-corrected chi connectivity index (χ0v) is 14.3. The molecule has 2 rings (SSSR count). The van der Waals surface area contributed by atoms with Crippen molar-refractivity contribution in [2.24, 2.45) is 0 Å². The van der Waals surface area contributed by atoms with E-state index in [2.05, 4.69) is 11.4 Å². The lowest BCUT2D eigenvalue weighted by atomic mass is 10.1. The van der Waals surface area contributed by atoms with E-state index in [9.17, 15) is 4.79 Å². The van der Waals surface area contributed by atoms with Crippen molar-refractivity contribution in [3.05, 3.63) is 64.7 Å². The summed E-state index contributed by atoms with van der Waals surface area (Å²) in [6.07, 6.45) is 0.161. The zero-order valence-electron chi connectivity index (χ0n) is 14.3. The molecule has 0 aliphatic carbocycles. The lowest BCUT2D eigenvalue weighted by Gasteiger charge is -2.19. The summed E-state index contributed by atoms with van der Waals surface area (Å²) >= 11 is 0. The summed E-state index contributed by atoms with van der Waals surface area (Å²) in [6.45, 7) is 8.57. The normalized spacial score (nSPS) is 11.8. The molecule has 0 aliphatic heterocycles. The van der Waals surface area contributed by atoms with Gasteiger partial charge in [0.25, 0.3) is 5.91 Å². The molecule has 1 atom stereocenters. The van der Waals surface area contributed by atoms with Gasteiger partial charge in [-0.2, -0.15) is 0 Å². The average Bonchev–Trinajstić information content (AvgIpc) is 2.53. The minimum atomic E-state index is -0.471. The number of benzene rings is 2. The van der Waals surface area contributed by atoms with E-state index in [1.165, 1.54) is 11.1 Å². The van der Waals surface area contributed by atoms with Gasteiger partial charge in [0.15, 0.2) is 6.10 Å². The Balaban J connectivity index is 1.96. The quantitative estimate of drug-likeness (QED) is 0.872. The van der Waals surface area contributed by atoms with E-state index in [4.69, 9.17) is 4.74 Å². The highest BCUT2D eigenvalue weighted by molar-refractivity contribution is 5.81. The molecule has 0 aliphatic rings. The highest BCUT2D eigenvalue weighted by Crippen LogP contribution is 2.21. The Hall–Kier alpha value is -2.29. The Bertz CT molecular complexity index is 662. The van der Waals surface area contributed by atoms with Gasteiger partial charge in [0.2, 0.25) is 0 Å². The second-order valence-electron chi connectivity index (χ2n) is 5.99. The Labute approximate surface area is 138 Å². The number of carbonyl (C=O) groups is 1. The molecule has 1 amide bonds. The molecule has 0 spiro atoms. The van der Waals surface area contributed by atoms with Gasteiger partial charge in [-0.15, -0.1) is 0 Å². The summed E-state index contributed by atoms with van der Waals surface area (Å²) in [5.41, 5.74) is 4.54. The van der Waals surface area contributed by atoms with Crippen LogP contribution in [-0.4, -0.2) is 12.0 Å². The monoisotopic (exact) mass is 311 g/mol. The summed E-state index contributed by atoms with van der Waals surface area (Å²) in [5.74, 6) is 0.695. The third-order valence-electron chi connectivity index (χ3n) is 3.85. The van der Waals surface area contributed by atoms with Gasteiger partial charge in [-0.1, -0.05) is 54.4 Å². The van der Waals surface area contributed by atoms with E-state index >= 15 is 0 Å². The van der Waals surface area contributed by atoms with Crippen molar-refractivity contribution in [3.63, 3.8) is 0 Å². The second kappa shape index (κ2) is 7.82. The average molecular weight is 311 g/mol. The van der Waals surface area contributed by atoms with E-state index in [-0.39, 0.29) is 5.91 Å². The number of nitrogens with one attached hydrogen (secondary N) is 1. The summed E-state index contributed by atoms with van der Waals surface area (Å²) in [6, 6.07) is 14.1. The van der Waals surface area contributed by atoms with Crippen LogP contribution in [0, 0.1) is 20.8 Å². The molecule has 0 radical (unpaired) electrons. The highest BCUT2D eigenvalue weighted by atomic mass is 16.5. The van der Waals surface area contributed by atoms with Crippen molar-refractivity contribution < 1.29 is 9.53 Å². The van der Waals surface area contributed by atoms with Gasteiger partial charge in [-0.3, -0.25) is 4.79 Å². The number of aryl methyl sites for hydroxylation is 3. The zero-order chi connectivity index (χ0) is 16.8. The van der Waals surface area contributed by atoms with Crippen molar-refractivity contribution in [2.45, 2.75) is 46.8 Å². The van der Waals surface area contributed by atoms with Crippen LogP contribution in [0.15, 0.2) is 42.5 Å². The first-order chi connectivity index (χ1) is 11.0. The van der Waals surface area contributed by atoms with Crippen LogP contribution < -0.4 is 10.1 Å². The first kappa shape index (κ1) is 17.1. The maximum atomic E-state index is 12.4. The molecule has 0 heterocycles. The predicted octanol–water partition coefficient (Wildman–Crippen LogP) is 4.09. The highest BCUT2D eigenvalue weighted by Gasteiger charge is 2.18. The van der Waals surface area contributed by atoms with Crippen LogP contribution in [0.5, 0.6) is 5.75 Å². The molecule has 122 valence electrons. The number of hydrogen-bond donors (Lipinski definition) is 1. The summed E-state index contributed by atoms with van der Waals surface area (Å²) in [4.78, 5) is 12.4. The molecule has 2 aromatic rings. The molecule has 0 saturated heterocycles. The van der Waals surface area contributed by atoms with Crippen LogP contribution in [0.25, 0.3) is 0 Å². The molecule has 0 bridgehead atoms. The third-order valence-corrected chi connectivity index (χ3v) is 3.85. The van der Waals surface area contributed by atoms with Crippen molar-refractivity contribution in [1.82, 2.24) is 5.32 Å². The van der Waals surface area contributed by atoms with Crippen molar-refractivity contribution in [1.29, 1.82) is 0 Å². The van der Waals surface area contributed by atoms with E-state index in [1.54, 1.807) is 0 Å². The summed E-state index contributed by atoms with van der Waals surface area (Å²) in [7, 11) is 0. The minimum Gasteiger partial charge on any atom is -0.480 e. The number of hydrogen-bond acceptors (Lipinski definition) is 2. The van der Waals surface area contributed by atoms with Crippen LogP contribution in [0.1, 0.15) is 35.6 Å². The Morgan fingerprint density at radius 1 is 1.04 bits per heavy atom. The molecule has 0 fully saturated rings. The Morgan fingerprint density at radius 2 is 1.70 bits per heavy atom. The number of ether oxygens (including phenoxy) is 1. The fourth-order valence-corrected chi connectivity index (χ4v) is 2.42. The molecule has 3 nitrogen and oxygen atoms in total. The van der Waals surface area contributed by atoms with Crippen LogP contribution in [0.2, 0.25) is 0 Å². The molecular weight excluding hydrogens is 286 g/mol. The first-order valence-corrected chi connectivity index (χ1v) is 8.06. The first-order valence-electron chi connectivity index (χ1n) is 8.06. The molecule has 23 heavy (non-hydrogen) atoms. The van der Waals surface area contributed by atoms with Gasteiger partial charge in [0.1, 0.15) is 5.75 Å². The minimum absolute atomic E-state index is 0.0759. The second-order valence-corrected chi connectivity index (χ2v) is 5.99. The standard InChI is InChI=1S/C20H25NO2/c1-5-18(23-19-11-8-15(3)12-16(19)4)20(22)21-13-17-9-6-14(2)7-10-17/h6-12,18H,5,13H2,1-4H3,(H,21,22)/t18-/m0/s1. The Kier molecular flexibility index (Phi) is 5.80. The fourth-order valence-electron chi connectivity index (χ4n) is 2.42. The maximum Gasteiger partial charge on any atom is 0.261 e. The van der Waals surface area contributed by atoms with Gasteiger partial charge in [0, 0.05) is 6.54 Å². The van der Waals surface area contributed by atoms with Crippen LogP contribution in [-0.2, 0) is 11.3 Å². The third kappa shape index (κ3) is 4.85. The molecule has 0 aromatic heterocycles. The lowest BCUT2D eigenvalue weighted by molar-refractivity contribution is -0.128. The molecule has 0 unspecified atom stereocenters. The SMILES string of the molecule is CC[C@H](Oc1ccc(C)cc1C)C(=O)NCc1ccc(C)cc1. The molecular formula is C20H25NO2. The predicted molar refractivity (Wildman–Crippen MR) is 93.6 cm³/mol. The van der Waals surface area contributed by atoms with Crippen molar-refractivity contribution in [3.8, 4) is 5.75 Å². The van der Waals surface area contributed by atoms with E-state index < -0.39 is 6.10 Å². The van der Waals surface area contributed by atoms with E-state index in [0.29, 0.717) is 13.0 Å². The van der Waals surface area contributed by atoms with Crippen LogP contribution in [0.3, 0.4) is 0 Å². The number of rotatable bonds is 6.